The number of ether oxygens (including phenoxy) is 1. The molecule has 1 heterocycles. The molecule has 0 saturated heterocycles. The molecule has 0 radical (unpaired) electrons. The Labute approximate surface area is 110 Å². The smallest absolute Gasteiger partial charge is 0.306 e. The molecule has 0 aliphatic heterocycles. The van der Waals surface area contributed by atoms with Gasteiger partial charge in [-0.2, -0.15) is 0 Å². The number of rotatable bonds is 8. The Morgan fingerprint density at radius 1 is 1.39 bits per heavy atom. The van der Waals surface area contributed by atoms with E-state index >= 15 is 0 Å². The molecule has 0 aliphatic carbocycles. The van der Waals surface area contributed by atoms with Crippen LogP contribution in [0.3, 0.4) is 0 Å². The number of pyridine rings is 1. The minimum absolute atomic E-state index is 0.108. The van der Waals surface area contributed by atoms with Gasteiger partial charge in [-0.25, -0.2) is 0 Å². The number of hydrogen-bond donors (Lipinski definition) is 0. The fourth-order valence-electron chi connectivity index (χ4n) is 2.07. The molecule has 0 fully saturated rings. The zero-order chi connectivity index (χ0) is 13.2. The Morgan fingerprint density at radius 2 is 2.22 bits per heavy atom. The summed E-state index contributed by atoms with van der Waals surface area (Å²) in [4.78, 5) is 15.8. The monoisotopic (exact) mass is 249 g/mol. The summed E-state index contributed by atoms with van der Waals surface area (Å²) < 4.78 is 5.04. The first-order valence-corrected chi connectivity index (χ1v) is 6.83. The van der Waals surface area contributed by atoms with Gasteiger partial charge in [0.15, 0.2) is 0 Å². The summed E-state index contributed by atoms with van der Waals surface area (Å²) in [5.74, 6) is 0.132. The summed E-state index contributed by atoms with van der Waals surface area (Å²) >= 11 is 0. The lowest BCUT2D eigenvalue weighted by atomic mass is 9.91. The lowest BCUT2D eigenvalue weighted by molar-refractivity contribution is -0.143. The van der Waals surface area contributed by atoms with Gasteiger partial charge in [-0.05, 0) is 30.9 Å². The van der Waals surface area contributed by atoms with E-state index in [-0.39, 0.29) is 11.9 Å². The second kappa shape index (κ2) is 8.67. The van der Waals surface area contributed by atoms with Crippen molar-refractivity contribution in [2.75, 3.05) is 6.61 Å². The second-order valence-corrected chi connectivity index (χ2v) is 4.49. The van der Waals surface area contributed by atoms with Crippen molar-refractivity contribution in [2.45, 2.75) is 51.9 Å². The molecular weight excluding hydrogens is 226 g/mol. The molecule has 0 aromatic carbocycles. The highest BCUT2D eigenvalue weighted by Gasteiger charge is 2.16. The van der Waals surface area contributed by atoms with Gasteiger partial charge in [-0.1, -0.05) is 32.3 Å². The Kier molecular flexibility index (Phi) is 7.07. The molecule has 100 valence electrons. The van der Waals surface area contributed by atoms with Gasteiger partial charge >= 0.3 is 5.97 Å². The van der Waals surface area contributed by atoms with Crippen molar-refractivity contribution in [3.63, 3.8) is 0 Å². The number of carbonyl (C=O) groups is 1. The molecule has 3 heteroatoms. The van der Waals surface area contributed by atoms with Gasteiger partial charge in [-0.3, -0.25) is 9.78 Å². The SMILES string of the molecule is CCCCCC(CC(=O)OCC)c1cccnc1. The van der Waals surface area contributed by atoms with Crippen molar-refractivity contribution in [3.8, 4) is 0 Å². The van der Waals surface area contributed by atoms with E-state index in [1.165, 1.54) is 12.8 Å². The fraction of sp³-hybridized carbons (Fsp3) is 0.600. The van der Waals surface area contributed by atoms with Crippen LogP contribution in [0.25, 0.3) is 0 Å². The van der Waals surface area contributed by atoms with E-state index in [2.05, 4.69) is 11.9 Å². The van der Waals surface area contributed by atoms with Gasteiger partial charge in [-0.15, -0.1) is 0 Å². The maximum Gasteiger partial charge on any atom is 0.306 e. The number of unbranched alkanes of at least 4 members (excludes halogenated alkanes) is 2. The second-order valence-electron chi connectivity index (χ2n) is 4.49. The Balaban J connectivity index is 2.60. The van der Waals surface area contributed by atoms with Crippen molar-refractivity contribution in [3.05, 3.63) is 30.1 Å². The van der Waals surface area contributed by atoms with E-state index in [0.29, 0.717) is 13.0 Å². The first kappa shape index (κ1) is 14.7. The molecule has 1 aromatic rings. The highest BCUT2D eigenvalue weighted by Crippen LogP contribution is 2.25. The normalized spacial score (nSPS) is 12.1. The van der Waals surface area contributed by atoms with Gasteiger partial charge in [0.05, 0.1) is 13.0 Å². The summed E-state index contributed by atoms with van der Waals surface area (Å²) in [7, 11) is 0. The van der Waals surface area contributed by atoms with Gasteiger partial charge in [0.25, 0.3) is 0 Å². The predicted octanol–water partition coefficient (Wildman–Crippen LogP) is 3.70. The number of hydrogen-bond acceptors (Lipinski definition) is 3. The first-order chi connectivity index (χ1) is 8.77. The first-order valence-electron chi connectivity index (χ1n) is 6.83. The van der Waals surface area contributed by atoms with Gasteiger partial charge in [0, 0.05) is 12.4 Å². The lowest BCUT2D eigenvalue weighted by Gasteiger charge is -2.16. The minimum Gasteiger partial charge on any atom is -0.466 e. The van der Waals surface area contributed by atoms with Crippen LogP contribution >= 0.6 is 0 Å². The van der Waals surface area contributed by atoms with Gasteiger partial charge in [0.1, 0.15) is 0 Å². The summed E-state index contributed by atoms with van der Waals surface area (Å²) in [6.45, 7) is 4.48. The molecule has 0 spiro atoms. The van der Waals surface area contributed by atoms with Crippen molar-refractivity contribution in [1.82, 2.24) is 4.98 Å². The summed E-state index contributed by atoms with van der Waals surface area (Å²) in [6, 6.07) is 3.97. The summed E-state index contributed by atoms with van der Waals surface area (Å²) in [6.07, 6.45) is 8.66. The zero-order valence-corrected chi connectivity index (χ0v) is 11.4. The molecule has 0 bridgehead atoms. The number of nitrogens with zero attached hydrogens (tertiary/aromatic N) is 1. The van der Waals surface area contributed by atoms with Crippen molar-refractivity contribution >= 4 is 5.97 Å². The van der Waals surface area contributed by atoms with Crippen molar-refractivity contribution in [2.24, 2.45) is 0 Å². The number of aromatic nitrogens is 1. The van der Waals surface area contributed by atoms with Crippen LogP contribution in [-0.2, 0) is 9.53 Å². The zero-order valence-electron chi connectivity index (χ0n) is 11.4. The van der Waals surface area contributed by atoms with Crippen molar-refractivity contribution < 1.29 is 9.53 Å². The number of carbonyl (C=O) groups excluding carboxylic acids is 1. The highest BCUT2D eigenvalue weighted by atomic mass is 16.5. The van der Waals surface area contributed by atoms with E-state index in [1.807, 2.05) is 25.3 Å². The van der Waals surface area contributed by atoms with Crippen LogP contribution in [0.2, 0.25) is 0 Å². The van der Waals surface area contributed by atoms with E-state index < -0.39 is 0 Å². The third-order valence-electron chi connectivity index (χ3n) is 3.03. The topological polar surface area (TPSA) is 39.2 Å². The average molecular weight is 249 g/mol. The van der Waals surface area contributed by atoms with Crippen LogP contribution < -0.4 is 0 Å². The van der Waals surface area contributed by atoms with Crippen LogP contribution in [-0.4, -0.2) is 17.6 Å². The van der Waals surface area contributed by atoms with E-state index in [0.717, 1.165) is 18.4 Å². The summed E-state index contributed by atoms with van der Waals surface area (Å²) in [5, 5.41) is 0. The molecule has 1 aromatic heterocycles. The molecule has 1 atom stereocenters. The van der Waals surface area contributed by atoms with Crippen LogP contribution in [0.4, 0.5) is 0 Å². The standard InChI is InChI=1S/C15H23NO2/c1-3-5-6-8-13(11-15(17)18-4-2)14-9-7-10-16-12-14/h7,9-10,12-13H,3-6,8,11H2,1-2H3. The van der Waals surface area contributed by atoms with E-state index in [4.69, 9.17) is 4.74 Å². The highest BCUT2D eigenvalue weighted by molar-refractivity contribution is 5.70. The molecular formula is C15H23NO2. The molecule has 18 heavy (non-hydrogen) atoms. The third kappa shape index (κ3) is 5.30. The maximum atomic E-state index is 11.6. The molecule has 0 amide bonds. The average Bonchev–Trinajstić information content (AvgIpc) is 2.39. The van der Waals surface area contributed by atoms with Crippen molar-refractivity contribution in [1.29, 1.82) is 0 Å². The van der Waals surface area contributed by atoms with Crippen LogP contribution in [0, 0.1) is 0 Å². The van der Waals surface area contributed by atoms with Crippen LogP contribution in [0.1, 0.15) is 57.4 Å². The molecule has 0 aliphatic rings. The maximum absolute atomic E-state index is 11.6. The lowest BCUT2D eigenvalue weighted by Crippen LogP contribution is -2.11. The van der Waals surface area contributed by atoms with Gasteiger partial charge < -0.3 is 4.74 Å². The Hall–Kier alpha value is -1.38. The molecule has 1 unspecified atom stereocenters. The molecule has 0 saturated carbocycles. The Morgan fingerprint density at radius 3 is 2.83 bits per heavy atom. The largest absolute Gasteiger partial charge is 0.466 e. The van der Waals surface area contributed by atoms with E-state index in [1.54, 1.807) is 6.20 Å². The quantitative estimate of drug-likeness (QED) is 0.521. The fourth-order valence-corrected chi connectivity index (χ4v) is 2.07. The molecule has 0 N–H and O–H groups in total. The third-order valence-corrected chi connectivity index (χ3v) is 3.03. The van der Waals surface area contributed by atoms with Crippen LogP contribution in [0.15, 0.2) is 24.5 Å². The predicted molar refractivity (Wildman–Crippen MR) is 72.4 cm³/mol. The van der Waals surface area contributed by atoms with E-state index in [9.17, 15) is 4.79 Å². The molecule has 1 rings (SSSR count). The minimum atomic E-state index is -0.108. The number of esters is 1. The van der Waals surface area contributed by atoms with Crippen LogP contribution in [0.5, 0.6) is 0 Å². The molecule has 3 nitrogen and oxygen atoms in total. The summed E-state index contributed by atoms with van der Waals surface area (Å²) in [5.41, 5.74) is 1.14. The van der Waals surface area contributed by atoms with Gasteiger partial charge in [0.2, 0.25) is 0 Å². The Bertz CT molecular complexity index is 338.